The maximum atomic E-state index is 12.7. The van der Waals surface area contributed by atoms with E-state index in [1.54, 1.807) is 42.5 Å². The van der Waals surface area contributed by atoms with Crippen molar-refractivity contribution in [1.82, 2.24) is 10.3 Å². The standard InChI is InChI=1S/C25H21N3O6S2/c29-25(26-28-36(32,33)23-9-5-2-6-10-23)19-11-13-20(14-12-19)27-35(30,31)24-17-15-22(16-18-24)34-21-7-3-1-4-8-21/h1-18,27-28H,(H,26,29). The zero-order valence-corrected chi connectivity index (χ0v) is 20.3. The maximum Gasteiger partial charge on any atom is 0.266 e. The number of amides is 1. The van der Waals surface area contributed by atoms with Crippen molar-refractivity contribution in [2.45, 2.75) is 9.79 Å². The minimum Gasteiger partial charge on any atom is -0.457 e. The number of hydrogen-bond donors (Lipinski definition) is 3. The number of carbonyl (C=O) groups excluding carboxylic acids is 1. The molecule has 3 N–H and O–H groups in total. The molecule has 0 spiro atoms. The van der Waals surface area contributed by atoms with E-state index < -0.39 is 26.0 Å². The highest BCUT2D eigenvalue weighted by molar-refractivity contribution is 7.92. The van der Waals surface area contributed by atoms with Crippen LogP contribution in [0.5, 0.6) is 11.5 Å². The Morgan fingerprint density at radius 3 is 1.72 bits per heavy atom. The summed E-state index contributed by atoms with van der Waals surface area (Å²) in [4.78, 5) is 14.4. The van der Waals surface area contributed by atoms with E-state index in [0.717, 1.165) is 0 Å². The summed E-state index contributed by atoms with van der Waals surface area (Å²) in [5.74, 6) is 0.402. The van der Waals surface area contributed by atoms with Crippen LogP contribution >= 0.6 is 0 Å². The Bertz CT molecular complexity index is 1540. The second-order valence-corrected chi connectivity index (χ2v) is 10.8. The quantitative estimate of drug-likeness (QED) is 0.285. The van der Waals surface area contributed by atoms with Crippen LogP contribution in [0.1, 0.15) is 10.4 Å². The maximum absolute atomic E-state index is 12.7. The van der Waals surface area contributed by atoms with Gasteiger partial charge < -0.3 is 4.74 Å². The molecule has 4 aromatic carbocycles. The summed E-state index contributed by atoms with van der Waals surface area (Å²) in [6.45, 7) is 0. The van der Waals surface area contributed by atoms with E-state index in [4.69, 9.17) is 4.74 Å². The molecular formula is C25H21N3O6S2. The lowest BCUT2D eigenvalue weighted by Gasteiger charge is -2.11. The number of rotatable bonds is 9. The number of para-hydroxylation sites is 1. The molecule has 0 radical (unpaired) electrons. The number of ether oxygens (including phenoxy) is 1. The molecule has 0 aliphatic heterocycles. The molecule has 4 rings (SSSR count). The number of carbonyl (C=O) groups is 1. The highest BCUT2D eigenvalue weighted by Crippen LogP contribution is 2.24. The molecule has 0 aromatic heterocycles. The normalized spacial score (nSPS) is 11.4. The number of anilines is 1. The predicted octanol–water partition coefficient (Wildman–Crippen LogP) is 3.90. The van der Waals surface area contributed by atoms with Gasteiger partial charge in [0.25, 0.3) is 26.0 Å². The van der Waals surface area contributed by atoms with Crippen LogP contribution in [-0.2, 0) is 20.0 Å². The first kappa shape index (κ1) is 24.9. The zero-order chi connectivity index (χ0) is 25.6. The number of hydrogen-bond acceptors (Lipinski definition) is 6. The van der Waals surface area contributed by atoms with Crippen LogP contribution in [-0.4, -0.2) is 22.7 Å². The Hall–Kier alpha value is -4.19. The van der Waals surface area contributed by atoms with E-state index in [2.05, 4.69) is 10.1 Å². The van der Waals surface area contributed by atoms with Crippen molar-refractivity contribution in [3.63, 3.8) is 0 Å². The van der Waals surface area contributed by atoms with Gasteiger partial charge in [-0.1, -0.05) is 36.4 Å². The van der Waals surface area contributed by atoms with Gasteiger partial charge in [-0.2, -0.15) is 0 Å². The Balaban J connectivity index is 1.37. The molecule has 0 aliphatic rings. The van der Waals surface area contributed by atoms with Gasteiger partial charge in [0.05, 0.1) is 9.79 Å². The van der Waals surface area contributed by atoms with Gasteiger partial charge in [0.15, 0.2) is 0 Å². The molecule has 36 heavy (non-hydrogen) atoms. The smallest absolute Gasteiger partial charge is 0.266 e. The molecule has 4 aromatic rings. The van der Waals surface area contributed by atoms with Gasteiger partial charge in [0, 0.05) is 11.3 Å². The lowest BCUT2D eigenvalue weighted by Crippen LogP contribution is -2.41. The second kappa shape index (κ2) is 10.6. The van der Waals surface area contributed by atoms with Crippen molar-refractivity contribution in [1.29, 1.82) is 0 Å². The van der Waals surface area contributed by atoms with Gasteiger partial charge in [-0.3, -0.25) is 14.9 Å². The highest BCUT2D eigenvalue weighted by atomic mass is 32.2. The van der Waals surface area contributed by atoms with Gasteiger partial charge >= 0.3 is 0 Å². The molecule has 0 atom stereocenters. The largest absolute Gasteiger partial charge is 0.457 e. The van der Waals surface area contributed by atoms with Crippen molar-refractivity contribution in [3.05, 3.63) is 115 Å². The van der Waals surface area contributed by atoms with Crippen LogP contribution in [0.3, 0.4) is 0 Å². The predicted molar refractivity (Wildman–Crippen MR) is 134 cm³/mol. The molecule has 0 saturated carbocycles. The van der Waals surface area contributed by atoms with Gasteiger partial charge in [0.2, 0.25) is 0 Å². The minimum absolute atomic E-state index is 0.00489. The fraction of sp³-hybridized carbons (Fsp3) is 0. The molecule has 9 nitrogen and oxygen atoms in total. The van der Waals surface area contributed by atoms with Crippen LogP contribution in [0.25, 0.3) is 0 Å². The minimum atomic E-state index is -3.93. The molecular weight excluding hydrogens is 502 g/mol. The Labute approximate surface area is 208 Å². The van der Waals surface area contributed by atoms with Crippen LogP contribution in [0, 0.1) is 0 Å². The molecule has 1 amide bonds. The monoisotopic (exact) mass is 523 g/mol. The average molecular weight is 524 g/mol. The van der Waals surface area contributed by atoms with E-state index >= 15 is 0 Å². The lowest BCUT2D eigenvalue weighted by atomic mass is 10.2. The van der Waals surface area contributed by atoms with Crippen LogP contribution in [0.4, 0.5) is 5.69 Å². The van der Waals surface area contributed by atoms with E-state index in [1.165, 1.54) is 48.5 Å². The van der Waals surface area contributed by atoms with Gasteiger partial charge in [-0.15, -0.1) is 4.83 Å². The topological polar surface area (TPSA) is 131 Å². The fourth-order valence-electron chi connectivity index (χ4n) is 3.06. The Kier molecular flexibility index (Phi) is 7.34. The van der Waals surface area contributed by atoms with E-state index in [9.17, 15) is 21.6 Å². The van der Waals surface area contributed by atoms with Crippen molar-refractivity contribution in [3.8, 4) is 11.5 Å². The summed E-state index contributed by atoms with van der Waals surface area (Å²) in [6, 6.07) is 28.1. The van der Waals surface area contributed by atoms with E-state index in [0.29, 0.717) is 11.5 Å². The number of sulfonamides is 2. The summed E-state index contributed by atoms with van der Waals surface area (Å²) in [5, 5.41) is 0. The van der Waals surface area contributed by atoms with Crippen molar-refractivity contribution in [2.75, 3.05) is 4.72 Å². The van der Waals surface area contributed by atoms with Crippen molar-refractivity contribution in [2.24, 2.45) is 0 Å². The first-order chi connectivity index (χ1) is 17.2. The van der Waals surface area contributed by atoms with Crippen LogP contribution < -0.4 is 19.7 Å². The molecule has 11 heteroatoms. The van der Waals surface area contributed by atoms with Gasteiger partial charge in [0.1, 0.15) is 11.5 Å². The summed E-state index contributed by atoms with van der Waals surface area (Å²) in [7, 11) is -7.82. The zero-order valence-electron chi connectivity index (χ0n) is 18.7. The van der Waals surface area contributed by atoms with E-state index in [-0.39, 0.29) is 21.0 Å². The number of hydrazine groups is 1. The average Bonchev–Trinajstić information content (AvgIpc) is 2.89. The first-order valence-corrected chi connectivity index (χ1v) is 13.5. The molecule has 0 saturated heterocycles. The number of benzene rings is 4. The third kappa shape index (κ3) is 6.27. The second-order valence-electron chi connectivity index (χ2n) is 7.44. The summed E-state index contributed by atoms with van der Waals surface area (Å²) in [6.07, 6.45) is 0. The van der Waals surface area contributed by atoms with Crippen molar-refractivity contribution < 1.29 is 26.4 Å². The summed E-state index contributed by atoms with van der Waals surface area (Å²) >= 11 is 0. The van der Waals surface area contributed by atoms with E-state index in [1.807, 2.05) is 23.0 Å². The Morgan fingerprint density at radius 1 is 0.583 bits per heavy atom. The lowest BCUT2D eigenvalue weighted by molar-refractivity contribution is 0.0945. The molecule has 0 heterocycles. The van der Waals surface area contributed by atoms with Crippen LogP contribution in [0.2, 0.25) is 0 Å². The molecule has 0 bridgehead atoms. The molecule has 0 unspecified atom stereocenters. The molecule has 184 valence electrons. The Morgan fingerprint density at radius 2 is 1.11 bits per heavy atom. The highest BCUT2D eigenvalue weighted by Gasteiger charge is 2.17. The third-order valence-corrected chi connectivity index (χ3v) is 7.53. The van der Waals surface area contributed by atoms with Gasteiger partial charge in [-0.25, -0.2) is 16.8 Å². The fourth-order valence-corrected chi connectivity index (χ4v) is 4.98. The van der Waals surface area contributed by atoms with Crippen molar-refractivity contribution >= 4 is 31.6 Å². The molecule has 0 aliphatic carbocycles. The first-order valence-electron chi connectivity index (χ1n) is 10.6. The summed E-state index contributed by atoms with van der Waals surface area (Å²) in [5.41, 5.74) is 2.47. The third-order valence-electron chi connectivity index (χ3n) is 4.86. The SMILES string of the molecule is O=C(NNS(=O)(=O)c1ccccc1)c1ccc(NS(=O)(=O)c2ccc(Oc3ccccc3)cc2)cc1. The number of nitrogens with one attached hydrogen (secondary N) is 3. The summed E-state index contributed by atoms with van der Waals surface area (Å²) < 4.78 is 58.0. The van der Waals surface area contributed by atoms with Crippen LogP contribution in [0.15, 0.2) is 119 Å². The molecule has 0 fully saturated rings. The van der Waals surface area contributed by atoms with Gasteiger partial charge in [-0.05, 0) is 72.8 Å².